The van der Waals surface area contributed by atoms with Crippen molar-refractivity contribution in [1.29, 1.82) is 5.26 Å². The van der Waals surface area contributed by atoms with Crippen molar-refractivity contribution in [3.05, 3.63) is 94.4 Å². The number of benzene rings is 1. The number of aromatic nitrogens is 3. The molecule has 202 valence electrons. The Morgan fingerprint density at radius 3 is 2.60 bits per heavy atom. The molecule has 9 nitrogen and oxygen atoms in total. The summed E-state index contributed by atoms with van der Waals surface area (Å²) in [5.74, 6) is -4.40. The van der Waals surface area contributed by atoms with Crippen molar-refractivity contribution < 1.29 is 17.6 Å². The molecule has 4 heterocycles. The van der Waals surface area contributed by atoms with Gasteiger partial charge in [-0.15, -0.1) is 5.53 Å². The molecular formula is C26H18ClF4N9. The molecule has 4 N–H and O–H groups in total. The number of nitrogens with zero attached hydrogens (tertiary/aromatic N) is 5. The molecule has 0 unspecified atom stereocenters. The van der Waals surface area contributed by atoms with Crippen molar-refractivity contribution in [2.24, 2.45) is 0 Å². The summed E-state index contributed by atoms with van der Waals surface area (Å²) in [6.45, 7) is 0. The molecule has 6 rings (SSSR count). The van der Waals surface area contributed by atoms with Gasteiger partial charge in [-0.25, -0.2) is 9.37 Å². The van der Waals surface area contributed by atoms with Gasteiger partial charge >= 0.3 is 0 Å². The van der Waals surface area contributed by atoms with Crippen molar-refractivity contribution in [3.63, 3.8) is 0 Å². The van der Waals surface area contributed by atoms with Crippen LogP contribution in [0.2, 0.25) is 5.02 Å². The normalized spacial score (nSPS) is 15.4. The third-order valence-electron chi connectivity index (χ3n) is 6.44. The Kier molecular flexibility index (Phi) is 6.49. The predicted octanol–water partition coefficient (Wildman–Crippen LogP) is 5.33. The maximum atomic E-state index is 14.9. The van der Waals surface area contributed by atoms with Gasteiger partial charge in [0.15, 0.2) is 5.82 Å². The predicted molar refractivity (Wildman–Crippen MR) is 139 cm³/mol. The molecular weight excluding hydrogens is 550 g/mol. The Labute approximate surface area is 229 Å². The third-order valence-corrected chi connectivity index (χ3v) is 6.72. The lowest BCUT2D eigenvalue weighted by Crippen LogP contribution is -2.38. The van der Waals surface area contributed by atoms with Crippen molar-refractivity contribution in [2.75, 3.05) is 10.6 Å². The number of fused-ring (bicyclic) bond motifs is 1. The second kappa shape index (κ2) is 10.1. The second-order valence-electron chi connectivity index (χ2n) is 9.19. The maximum absolute atomic E-state index is 14.9. The Hall–Kier alpha value is -4.67. The van der Waals surface area contributed by atoms with Crippen LogP contribution in [0.25, 0.3) is 10.9 Å². The summed E-state index contributed by atoms with van der Waals surface area (Å²) in [6, 6.07) is 7.88. The van der Waals surface area contributed by atoms with Crippen molar-refractivity contribution in [1.82, 2.24) is 30.9 Å². The number of anilines is 3. The lowest BCUT2D eigenvalue weighted by Gasteiger charge is -2.22. The smallest absolute Gasteiger partial charge is 0.249 e. The summed E-state index contributed by atoms with van der Waals surface area (Å²) < 4.78 is 55.7. The van der Waals surface area contributed by atoms with E-state index in [-0.39, 0.29) is 27.5 Å². The number of hydrazine groups is 2. The van der Waals surface area contributed by atoms with E-state index in [1.807, 2.05) is 11.1 Å². The molecule has 1 aliphatic heterocycles. The Morgan fingerprint density at radius 1 is 1.05 bits per heavy atom. The van der Waals surface area contributed by atoms with Gasteiger partial charge in [0, 0.05) is 41.1 Å². The summed E-state index contributed by atoms with van der Waals surface area (Å²) >= 11 is 6.57. The zero-order valence-electron chi connectivity index (χ0n) is 20.3. The van der Waals surface area contributed by atoms with E-state index >= 15 is 0 Å². The minimum atomic E-state index is -1.27. The zero-order valence-corrected chi connectivity index (χ0v) is 21.1. The molecule has 0 bridgehead atoms. The van der Waals surface area contributed by atoms with Crippen LogP contribution in [0.1, 0.15) is 30.0 Å². The van der Waals surface area contributed by atoms with Gasteiger partial charge < -0.3 is 16.1 Å². The first kappa shape index (κ1) is 25.6. The van der Waals surface area contributed by atoms with Gasteiger partial charge in [-0.3, -0.25) is 9.99 Å². The highest BCUT2D eigenvalue weighted by Crippen LogP contribution is 2.38. The highest BCUT2D eigenvalue weighted by molar-refractivity contribution is 6.36. The topological polar surface area (TPSA) is 114 Å². The summed E-state index contributed by atoms with van der Waals surface area (Å²) in [6.07, 6.45) is 6.16. The molecule has 2 aliphatic rings. The van der Waals surface area contributed by atoms with Gasteiger partial charge in [-0.05, 0) is 37.1 Å². The second-order valence-corrected chi connectivity index (χ2v) is 9.59. The fourth-order valence-corrected chi connectivity index (χ4v) is 4.63. The quantitative estimate of drug-likeness (QED) is 0.174. The minimum absolute atomic E-state index is 0.0610. The van der Waals surface area contributed by atoms with Crippen LogP contribution in [0.3, 0.4) is 0 Å². The first-order chi connectivity index (χ1) is 19.3. The standard InChI is InChI=1S/C26H18ClF4N9/c27-18-6-13(5-17-22(12(8-32)9-33-23(17)18)36-14-7-19(28)26(31)34-10-14)35-24(16-3-4-21(29)37-25(16)30)20-11-40(39-38-20)15-1-2-15/h3-7,9-11,15,24,35,38-39H,1-2H2,(H,33,36)/t24-/m0/s1. The summed E-state index contributed by atoms with van der Waals surface area (Å²) in [7, 11) is 0. The molecule has 0 amide bonds. The van der Waals surface area contributed by atoms with Crippen molar-refractivity contribution in [3.8, 4) is 6.07 Å². The first-order valence-corrected chi connectivity index (χ1v) is 12.4. The molecule has 0 saturated heterocycles. The van der Waals surface area contributed by atoms with E-state index in [4.69, 9.17) is 11.6 Å². The molecule has 1 aliphatic carbocycles. The van der Waals surface area contributed by atoms with E-state index in [0.717, 1.165) is 31.2 Å². The van der Waals surface area contributed by atoms with Gasteiger partial charge in [-0.2, -0.15) is 23.4 Å². The summed E-state index contributed by atoms with van der Waals surface area (Å²) in [5, 5.41) is 18.3. The van der Waals surface area contributed by atoms with Crippen LogP contribution in [-0.2, 0) is 0 Å². The Morgan fingerprint density at radius 2 is 1.88 bits per heavy atom. The van der Waals surface area contributed by atoms with Crippen LogP contribution in [0.4, 0.5) is 34.6 Å². The van der Waals surface area contributed by atoms with Crippen LogP contribution in [0.5, 0.6) is 0 Å². The lowest BCUT2D eigenvalue weighted by atomic mass is 10.0. The van der Waals surface area contributed by atoms with E-state index < -0.39 is 29.7 Å². The Bertz CT molecular complexity index is 1720. The van der Waals surface area contributed by atoms with E-state index in [0.29, 0.717) is 28.3 Å². The monoisotopic (exact) mass is 567 g/mol. The van der Waals surface area contributed by atoms with E-state index in [2.05, 4.69) is 36.5 Å². The SMILES string of the molecule is N#Cc1cnc2c(Cl)cc(N[C@H](C3=CN(C4CC4)NN3)c3ccc(F)nc3F)cc2c1Nc1cnc(F)c(F)c1. The molecule has 3 aromatic heterocycles. The molecule has 0 spiro atoms. The highest BCUT2D eigenvalue weighted by atomic mass is 35.5. The van der Waals surface area contributed by atoms with Gasteiger partial charge in [0.25, 0.3) is 0 Å². The number of halogens is 5. The first-order valence-electron chi connectivity index (χ1n) is 12.0. The average molecular weight is 568 g/mol. The lowest BCUT2D eigenvalue weighted by molar-refractivity contribution is 0.260. The molecule has 1 fully saturated rings. The van der Waals surface area contributed by atoms with Crippen LogP contribution in [0, 0.1) is 35.0 Å². The number of rotatable bonds is 7. The molecule has 0 radical (unpaired) electrons. The number of hydrogen-bond acceptors (Lipinski definition) is 9. The largest absolute Gasteiger partial charge is 0.373 e. The van der Waals surface area contributed by atoms with Crippen molar-refractivity contribution >= 4 is 39.6 Å². The maximum Gasteiger partial charge on any atom is 0.249 e. The molecule has 14 heteroatoms. The number of hydrogen-bond donors (Lipinski definition) is 4. The van der Waals surface area contributed by atoms with Crippen LogP contribution in [0.15, 0.2) is 54.6 Å². The number of nitriles is 1. The van der Waals surface area contributed by atoms with Gasteiger partial charge in [0.1, 0.15) is 6.07 Å². The number of nitrogens with one attached hydrogen (secondary N) is 4. The average Bonchev–Trinajstić information content (AvgIpc) is 3.66. The van der Waals surface area contributed by atoms with E-state index in [1.165, 1.54) is 12.3 Å². The highest BCUT2D eigenvalue weighted by Gasteiger charge is 2.33. The summed E-state index contributed by atoms with van der Waals surface area (Å²) in [4.78, 5) is 11.0. The third kappa shape index (κ3) is 4.90. The molecule has 4 aromatic rings. The van der Waals surface area contributed by atoms with Gasteiger partial charge in [0.05, 0.1) is 45.4 Å². The fraction of sp³-hybridized carbons (Fsp3) is 0.154. The van der Waals surface area contributed by atoms with Crippen molar-refractivity contribution in [2.45, 2.75) is 24.9 Å². The van der Waals surface area contributed by atoms with Gasteiger partial charge in [0.2, 0.25) is 17.8 Å². The molecule has 1 aromatic carbocycles. The van der Waals surface area contributed by atoms with E-state index in [1.54, 1.807) is 18.3 Å². The number of pyridine rings is 3. The molecule has 40 heavy (non-hydrogen) atoms. The minimum Gasteiger partial charge on any atom is -0.373 e. The zero-order chi connectivity index (χ0) is 28.0. The molecule has 1 atom stereocenters. The van der Waals surface area contributed by atoms with Gasteiger partial charge in [-0.1, -0.05) is 11.6 Å². The fourth-order valence-electron chi connectivity index (χ4n) is 4.36. The van der Waals surface area contributed by atoms with E-state index in [9.17, 15) is 22.8 Å². The summed E-state index contributed by atoms with van der Waals surface area (Å²) in [5.41, 5.74) is 7.75. The Balaban J connectivity index is 1.44. The van der Waals surface area contributed by atoms with Crippen LogP contribution >= 0.6 is 11.6 Å². The van der Waals surface area contributed by atoms with Crippen LogP contribution < -0.4 is 21.6 Å². The molecule has 1 saturated carbocycles. The van der Waals surface area contributed by atoms with Crippen LogP contribution in [-0.4, -0.2) is 26.0 Å².